The maximum absolute atomic E-state index is 11.5. The molecular formula is C41H51N3O4. The average Bonchev–Trinajstić information content (AvgIpc) is 3.09. The number of Topliss-reactive ketones (excluding diaryl/α,β-unsaturated/α-hetero) is 1. The smallest absolute Gasteiger partial charge is 0.163 e. The fourth-order valence-corrected chi connectivity index (χ4v) is 5.91. The van der Waals surface area contributed by atoms with E-state index in [1.807, 2.05) is 42.5 Å². The standard InChI is InChI=1S/C13H15NO.C13H13NO.C11H12O2.C2H3N.2CH4/c2*1-15-12-6-5-10-3-2-4-11(7-8-14)13(10)9-12;1-13-9-6-5-8-3-2-4-11(12)10(8)7-9;1-2-3;;/h5-7,9,11,14H,2-4H2,1H3;4-6,9H,2-3,7H2,1H3;5-7H,2-4H2,1H3;1H3;2*1H4. The molecular weight excluding hydrogens is 598 g/mol. The van der Waals surface area contributed by atoms with E-state index >= 15 is 0 Å². The van der Waals surface area contributed by atoms with Crippen LogP contribution in [0.4, 0.5) is 0 Å². The average molecular weight is 650 g/mol. The lowest BCUT2D eigenvalue weighted by atomic mass is 9.83. The van der Waals surface area contributed by atoms with Crippen molar-refractivity contribution in [1.29, 1.82) is 15.9 Å². The Bertz CT molecular complexity index is 1660. The minimum atomic E-state index is 0. The van der Waals surface area contributed by atoms with Crippen LogP contribution in [0.15, 0.2) is 66.7 Å². The predicted octanol–water partition coefficient (Wildman–Crippen LogP) is 9.87. The number of nitriles is 2. The number of hydrogen-bond donors (Lipinski definition) is 1. The lowest BCUT2D eigenvalue weighted by Gasteiger charge is -2.22. The van der Waals surface area contributed by atoms with E-state index in [1.165, 1.54) is 35.6 Å². The highest BCUT2D eigenvalue weighted by atomic mass is 16.5. The Morgan fingerprint density at radius 1 is 0.792 bits per heavy atom. The molecule has 0 saturated heterocycles. The van der Waals surface area contributed by atoms with E-state index in [1.54, 1.807) is 27.4 Å². The van der Waals surface area contributed by atoms with E-state index in [4.69, 9.17) is 30.1 Å². The first-order valence-corrected chi connectivity index (χ1v) is 15.6. The first-order chi connectivity index (χ1) is 22.4. The van der Waals surface area contributed by atoms with Crippen LogP contribution in [0.25, 0.3) is 5.57 Å². The number of nitrogens with one attached hydrogen (secondary N) is 1. The Kier molecular flexibility index (Phi) is 18.5. The number of aryl methyl sites for hydroxylation is 3. The van der Waals surface area contributed by atoms with E-state index in [-0.39, 0.29) is 20.6 Å². The van der Waals surface area contributed by atoms with E-state index < -0.39 is 0 Å². The molecule has 0 aliphatic heterocycles. The second-order valence-electron chi connectivity index (χ2n) is 11.0. The van der Waals surface area contributed by atoms with Crippen LogP contribution in [0, 0.1) is 28.1 Å². The molecule has 0 fully saturated rings. The van der Waals surface area contributed by atoms with Gasteiger partial charge in [0.1, 0.15) is 17.2 Å². The van der Waals surface area contributed by atoms with Gasteiger partial charge in [-0.2, -0.15) is 10.5 Å². The molecule has 3 aliphatic carbocycles. The van der Waals surface area contributed by atoms with Crippen LogP contribution in [0.2, 0.25) is 0 Å². The molecule has 0 saturated carbocycles. The van der Waals surface area contributed by atoms with Crippen LogP contribution >= 0.6 is 0 Å². The van der Waals surface area contributed by atoms with Gasteiger partial charge < -0.3 is 14.2 Å². The van der Waals surface area contributed by atoms with Gasteiger partial charge in [-0.25, -0.2) is 0 Å². The van der Waals surface area contributed by atoms with Gasteiger partial charge in [0, 0.05) is 24.8 Å². The summed E-state index contributed by atoms with van der Waals surface area (Å²) in [7, 11) is 4.97. The maximum Gasteiger partial charge on any atom is 0.163 e. The van der Waals surface area contributed by atoms with Crippen molar-refractivity contribution in [3.05, 3.63) is 100 Å². The van der Waals surface area contributed by atoms with Crippen LogP contribution in [-0.2, 0) is 19.3 Å². The normalized spacial score (nSPS) is 14.5. The van der Waals surface area contributed by atoms with E-state index in [0.29, 0.717) is 18.8 Å². The third-order valence-corrected chi connectivity index (χ3v) is 8.20. The first kappa shape index (κ1) is 40.9. The summed E-state index contributed by atoms with van der Waals surface area (Å²) < 4.78 is 15.5. The first-order valence-electron chi connectivity index (χ1n) is 15.6. The molecule has 48 heavy (non-hydrogen) atoms. The van der Waals surface area contributed by atoms with Gasteiger partial charge in [0.2, 0.25) is 0 Å². The molecule has 0 radical (unpaired) electrons. The molecule has 3 aromatic rings. The maximum atomic E-state index is 11.5. The summed E-state index contributed by atoms with van der Waals surface area (Å²) in [6.45, 7) is 1.43. The second-order valence-corrected chi connectivity index (χ2v) is 11.0. The Morgan fingerprint density at radius 2 is 1.33 bits per heavy atom. The lowest BCUT2D eigenvalue weighted by Crippen LogP contribution is -2.10. The van der Waals surface area contributed by atoms with Crippen LogP contribution in [-0.4, -0.2) is 33.0 Å². The highest BCUT2D eigenvalue weighted by Gasteiger charge is 2.19. The van der Waals surface area contributed by atoms with Crippen molar-refractivity contribution >= 4 is 17.2 Å². The quantitative estimate of drug-likeness (QED) is 0.275. The number of ketones is 1. The number of fused-ring (bicyclic) bond motifs is 3. The van der Waals surface area contributed by atoms with Gasteiger partial charge in [-0.15, -0.1) is 0 Å². The Morgan fingerprint density at radius 3 is 1.92 bits per heavy atom. The number of carbonyl (C=O) groups excluding carboxylic acids is 1. The number of benzene rings is 3. The molecule has 3 aliphatic rings. The fraction of sp³-hybridized carbons (Fsp3) is 0.390. The summed E-state index contributed by atoms with van der Waals surface area (Å²) in [5, 5.41) is 23.1. The molecule has 1 unspecified atom stereocenters. The highest BCUT2D eigenvalue weighted by molar-refractivity contribution is 5.98. The van der Waals surface area contributed by atoms with E-state index in [0.717, 1.165) is 72.5 Å². The van der Waals surface area contributed by atoms with Gasteiger partial charge in [0.05, 0.1) is 39.9 Å². The van der Waals surface area contributed by atoms with Gasteiger partial charge in [0.15, 0.2) is 5.78 Å². The molecule has 6 rings (SSSR count). The molecule has 0 amide bonds. The summed E-state index contributed by atoms with van der Waals surface area (Å²) in [5.41, 5.74) is 8.35. The van der Waals surface area contributed by atoms with Crippen molar-refractivity contribution < 1.29 is 19.0 Å². The molecule has 1 N–H and O–H groups in total. The number of methoxy groups -OCH3 is 3. The molecule has 7 heteroatoms. The van der Waals surface area contributed by atoms with Crippen LogP contribution in [0.1, 0.15) is 104 Å². The second kappa shape index (κ2) is 21.6. The predicted molar refractivity (Wildman–Crippen MR) is 196 cm³/mol. The van der Waals surface area contributed by atoms with Crippen molar-refractivity contribution in [3.8, 4) is 29.4 Å². The zero-order chi connectivity index (χ0) is 33.3. The topological polar surface area (TPSA) is 116 Å². The number of allylic oxidation sites excluding steroid dienone is 3. The molecule has 3 aromatic carbocycles. The molecule has 0 heterocycles. The zero-order valence-corrected chi connectivity index (χ0v) is 27.3. The van der Waals surface area contributed by atoms with Crippen LogP contribution in [0.5, 0.6) is 17.2 Å². The van der Waals surface area contributed by atoms with Gasteiger partial charge in [-0.05, 0) is 127 Å². The van der Waals surface area contributed by atoms with Crippen LogP contribution < -0.4 is 14.2 Å². The summed E-state index contributed by atoms with van der Waals surface area (Å²) in [6, 6.07) is 22.0. The van der Waals surface area contributed by atoms with Gasteiger partial charge >= 0.3 is 0 Å². The van der Waals surface area contributed by atoms with Gasteiger partial charge in [-0.1, -0.05) is 39.1 Å². The summed E-state index contributed by atoms with van der Waals surface area (Å²) in [5.74, 6) is 5.53. The number of carbonyl (C=O) groups is 1. The van der Waals surface area contributed by atoms with Crippen molar-refractivity contribution in [2.24, 2.45) is 0 Å². The number of ether oxygens (including phenoxy) is 3. The minimum Gasteiger partial charge on any atom is -0.497 e. The number of nitrogens with zero attached hydrogens (tertiary/aromatic N) is 2. The molecule has 0 aromatic heterocycles. The van der Waals surface area contributed by atoms with E-state index in [9.17, 15) is 4.79 Å². The summed E-state index contributed by atoms with van der Waals surface area (Å²) in [6.07, 6.45) is 12.7. The van der Waals surface area contributed by atoms with Crippen LogP contribution in [0.3, 0.4) is 0 Å². The Labute approximate surface area is 288 Å². The third-order valence-electron chi connectivity index (χ3n) is 8.20. The minimum absolute atomic E-state index is 0. The van der Waals surface area contributed by atoms with Crippen molar-refractivity contribution in [3.63, 3.8) is 0 Å². The number of rotatable bonds is 5. The molecule has 254 valence electrons. The summed E-state index contributed by atoms with van der Waals surface area (Å²) in [4.78, 5) is 11.5. The molecule has 7 nitrogen and oxygen atoms in total. The molecule has 1 atom stereocenters. The largest absolute Gasteiger partial charge is 0.497 e. The Hall–Kier alpha value is -5.10. The molecule has 0 bridgehead atoms. The van der Waals surface area contributed by atoms with Crippen molar-refractivity contribution in [1.82, 2.24) is 0 Å². The monoisotopic (exact) mass is 649 g/mol. The highest BCUT2D eigenvalue weighted by Crippen LogP contribution is 2.34. The lowest BCUT2D eigenvalue weighted by molar-refractivity contribution is 0.0972. The number of hydrogen-bond acceptors (Lipinski definition) is 7. The third kappa shape index (κ3) is 11.3. The molecule has 0 spiro atoms. The van der Waals surface area contributed by atoms with Crippen molar-refractivity contribution in [2.75, 3.05) is 21.3 Å². The SMILES string of the molecule is C.C.CC#N.COc1ccc2c(c1)C(=O)CCC2.COc1ccc2c(c1)C(C=C=N)CCC2.COc1ccc2c(c1)C(CC#N)=CCC2. The fourth-order valence-electron chi connectivity index (χ4n) is 5.91. The van der Waals surface area contributed by atoms with Gasteiger partial charge in [-0.3, -0.25) is 10.2 Å². The van der Waals surface area contributed by atoms with Gasteiger partial charge in [0.25, 0.3) is 0 Å². The van der Waals surface area contributed by atoms with E-state index in [2.05, 4.69) is 36.2 Å². The van der Waals surface area contributed by atoms with Crippen molar-refractivity contribution in [2.45, 2.75) is 85.5 Å². The Balaban J connectivity index is 0.000000339. The zero-order valence-electron chi connectivity index (χ0n) is 27.3. The summed E-state index contributed by atoms with van der Waals surface area (Å²) >= 11 is 0.